The third-order valence-electron chi connectivity index (χ3n) is 8.71. The first-order valence-corrected chi connectivity index (χ1v) is 20.6. The summed E-state index contributed by atoms with van der Waals surface area (Å²) in [5.41, 5.74) is 5.35. The Morgan fingerprint density at radius 3 is 1.42 bits per heavy atom. The fraction of sp³-hybridized carbons (Fsp3) is 0.972. The van der Waals surface area contributed by atoms with Gasteiger partial charge in [0, 0.05) is 13.0 Å². The SMILES string of the molecule is CCCCCCCCCCCCCCCCCCCC(O)C(COP(=O)(O)OCCN)NC(=O)CCCCCCCCCCC. The molecule has 0 saturated heterocycles. The molecule has 0 bridgehead atoms. The second-order valence-electron chi connectivity index (χ2n) is 13.2. The van der Waals surface area contributed by atoms with Crippen molar-refractivity contribution in [1.29, 1.82) is 0 Å². The minimum atomic E-state index is -4.30. The van der Waals surface area contributed by atoms with E-state index in [9.17, 15) is 19.4 Å². The number of hydrogen-bond donors (Lipinski definition) is 4. The fourth-order valence-corrected chi connectivity index (χ4v) is 6.54. The van der Waals surface area contributed by atoms with E-state index in [2.05, 4.69) is 19.2 Å². The van der Waals surface area contributed by atoms with Crippen molar-refractivity contribution >= 4 is 13.7 Å². The molecule has 3 atom stereocenters. The van der Waals surface area contributed by atoms with Gasteiger partial charge in [-0.25, -0.2) is 4.57 Å². The molecule has 0 aromatic heterocycles. The van der Waals surface area contributed by atoms with Gasteiger partial charge in [0.15, 0.2) is 0 Å². The third kappa shape index (κ3) is 31.8. The van der Waals surface area contributed by atoms with Crippen LogP contribution in [-0.2, 0) is 18.4 Å². The Kier molecular flexibility index (Phi) is 33.0. The van der Waals surface area contributed by atoms with Gasteiger partial charge in [0.05, 0.1) is 25.4 Å². The lowest BCUT2D eigenvalue weighted by Gasteiger charge is -2.25. The van der Waals surface area contributed by atoms with E-state index in [4.69, 9.17) is 14.8 Å². The lowest BCUT2D eigenvalue weighted by molar-refractivity contribution is -0.123. The Balaban J connectivity index is 4.15. The van der Waals surface area contributed by atoms with Crippen molar-refractivity contribution in [3.05, 3.63) is 0 Å². The van der Waals surface area contributed by atoms with Gasteiger partial charge in [0.2, 0.25) is 5.91 Å². The van der Waals surface area contributed by atoms with Crippen molar-refractivity contribution in [2.45, 2.75) is 206 Å². The summed E-state index contributed by atoms with van der Waals surface area (Å²) < 4.78 is 22.1. The van der Waals surface area contributed by atoms with Crippen molar-refractivity contribution in [2.24, 2.45) is 5.73 Å². The minimum Gasteiger partial charge on any atom is -0.391 e. The highest BCUT2D eigenvalue weighted by Gasteiger charge is 2.27. The summed E-state index contributed by atoms with van der Waals surface area (Å²) in [7, 11) is -4.30. The first-order valence-electron chi connectivity index (χ1n) is 19.2. The van der Waals surface area contributed by atoms with Gasteiger partial charge in [-0.1, -0.05) is 174 Å². The number of unbranched alkanes of at least 4 members (excludes halogenated alkanes) is 24. The number of carbonyl (C=O) groups is 1. The molecule has 0 rings (SSSR count). The van der Waals surface area contributed by atoms with E-state index in [0.717, 1.165) is 38.5 Å². The molecule has 0 saturated carbocycles. The van der Waals surface area contributed by atoms with E-state index < -0.39 is 20.0 Å². The molecule has 5 N–H and O–H groups in total. The van der Waals surface area contributed by atoms with Crippen LogP contribution in [0.4, 0.5) is 0 Å². The van der Waals surface area contributed by atoms with Crippen molar-refractivity contribution in [1.82, 2.24) is 5.32 Å². The second-order valence-corrected chi connectivity index (χ2v) is 14.6. The molecule has 0 aromatic carbocycles. The van der Waals surface area contributed by atoms with Crippen molar-refractivity contribution in [3.8, 4) is 0 Å². The van der Waals surface area contributed by atoms with Gasteiger partial charge in [-0.15, -0.1) is 0 Å². The van der Waals surface area contributed by atoms with Crippen molar-refractivity contribution in [3.63, 3.8) is 0 Å². The zero-order valence-electron chi connectivity index (χ0n) is 29.6. The lowest BCUT2D eigenvalue weighted by Crippen LogP contribution is -2.46. The van der Waals surface area contributed by atoms with Crippen LogP contribution in [-0.4, -0.2) is 47.8 Å². The number of phosphoric ester groups is 1. The molecular formula is C36H75N2O6P. The maximum absolute atomic E-state index is 12.6. The number of phosphoric acid groups is 1. The summed E-state index contributed by atoms with van der Waals surface area (Å²) in [6, 6.07) is -0.765. The number of hydrogen-bond acceptors (Lipinski definition) is 6. The van der Waals surface area contributed by atoms with Crippen LogP contribution < -0.4 is 11.1 Å². The van der Waals surface area contributed by atoms with Gasteiger partial charge in [0.1, 0.15) is 0 Å². The van der Waals surface area contributed by atoms with Gasteiger partial charge < -0.3 is 21.1 Å². The molecule has 0 radical (unpaired) electrons. The van der Waals surface area contributed by atoms with E-state index in [-0.39, 0.29) is 25.7 Å². The predicted molar refractivity (Wildman–Crippen MR) is 189 cm³/mol. The molecule has 3 unspecified atom stereocenters. The van der Waals surface area contributed by atoms with Crippen LogP contribution in [0.3, 0.4) is 0 Å². The Hall–Kier alpha value is -0.500. The van der Waals surface area contributed by atoms with Crippen LogP contribution in [0.15, 0.2) is 0 Å². The van der Waals surface area contributed by atoms with E-state index in [1.165, 1.54) is 128 Å². The zero-order valence-corrected chi connectivity index (χ0v) is 30.5. The summed E-state index contributed by atoms with van der Waals surface area (Å²) in [6.45, 7) is 4.19. The normalized spacial score (nSPS) is 14.3. The number of amides is 1. The summed E-state index contributed by atoms with van der Waals surface area (Å²) in [5, 5.41) is 13.7. The molecule has 0 aliphatic heterocycles. The number of aliphatic hydroxyl groups is 1. The molecule has 0 fully saturated rings. The molecule has 9 heteroatoms. The van der Waals surface area contributed by atoms with Gasteiger partial charge >= 0.3 is 7.82 Å². The highest BCUT2D eigenvalue weighted by molar-refractivity contribution is 7.47. The molecule has 8 nitrogen and oxygen atoms in total. The average Bonchev–Trinajstić information content (AvgIpc) is 3.02. The molecule has 0 spiro atoms. The topological polar surface area (TPSA) is 131 Å². The average molecular weight is 663 g/mol. The van der Waals surface area contributed by atoms with Gasteiger partial charge in [0.25, 0.3) is 0 Å². The molecule has 1 amide bonds. The van der Waals surface area contributed by atoms with E-state index in [1.807, 2.05) is 0 Å². The molecule has 0 aromatic rings. The number of aliphatic hydroxyl groups excluding tert-OH is 1. The Bertz CT molecular complexity index is 684. The first kappa shape index (κ1) is 44.5. The highest BCUT2D eigenvalue weighted by atomic mass is 31.2. The van der Waals surface area contributed by atoms with Gasteiger partial charge in [-0.2, -0.15) is 0 Å². The maximum atomic E-state index is 12.6. The van der Waals surface area contributed by atoms with Crippen LogP contribution >= 0.6 is 7.82 Å². The monoisotopic (exact) mass is 663 g/mol. The van der Waals surface area contributed by atoms with E-state index in [1.54, 1.807) is 0 Å². The summed E-state index contributed by atoms with van der Waals surface area (Å²) >= 11 is 0. The molecule has 0 heterocycles. The fourth-order valence-electron chi connectivity index (χ4n) is 5.78. The van der Waals surface area contributed by atoms with Crippen LogP contribution in [0, 0.1) is 0 Å². The number of carbonyl (C=O) groups excluding carboxylic acids is 1. The Morgan fingerprint density at radius 1 is 0.644 bits per heavy atom. The van der Waals surface area contributed by atoms with E-state index >= 15 is 0 Å². The lowest BCUT2D eigenvalue weighted by atomic mass is 10.0. The van der Waals surface area contributed by atoms with Crippen LogP contribution in [0.2, 0.25) is 0 Å². The van der Waals surface area contributed by atoms with Crippen molar-refractivity contribution < 1.29 is 28.4 Å². The van der Waals surface area contributed by atoms with Crippen LogP contribution in [0.1, 0.15) is 194 Å². The number of nitrogens with two attached hydrogens (primary N) is 1. The smallest absolute Gasteiger partial charge is 0.391 e. The minimum absolute atomic E-state index is 0.0920. The Morgan fingerprint density at radius 2 is 1.02 bits per heavy atom. The maximum Gasteiger partial charge on any atom is 0.472 e. The molecule has 0 aliphatic carbocycles. The summed E-state index contributed by atoms with van der Waals surface area (Å²) in [4.78, 5) is 22.5. The quantitative estimate of drug-likeness (QED) is 0.0388. The first-order chi connectivity index (χ1) is 21.9. The third-order valence-corrected chi connectivity index (χ3v) is 9.70. The predicted octanol–water partition coefficient (Wildman–Crippen LogP) is 9.89. The standard InChI is InChI=1S/C36H75N2O6P/c1-3-5-7-9-11-13-14-15-16-17-18-19-20-22-23-25-27-29-35(39)34(33-44-45(41,42)43-32-31-37)38-36(40)30-28-26-24-21-12-10-8-6-4-2/h34-35,39H,3-33,37H2,1-2H3,(H,38,40)(H,41,42). The molecular weight excluding hydrogens is 587 g/mol. The number of rotatable bonds is 36. The van der Waals surface area contributed by atoms with E-state index in [0.29, 0.717) is 12.8 Å². The zero-order chi connectivity index (χ0) is 33.3. The second kappa shape index (κ2) is 33.4. The number of nitrogens with one attached hydrogen (secondary N) is 1. The summed E-state index contributed by atoms with van der Waals surface area (Å²) in [5.74, 6) is -0.163. The van der Waals surface area contributed by atoms with Crippen molar-refractivity contribution in [2.75, 3.05) is 19.8 Å². The largest absolute Gasteiger partial charge is 0.472 e. The Labute approximate surface area is 278 Å². The molecule has 270 valence electrons. The highest BCUT2D eigenvalue weighted by Crippen LogP contribution is 2.43. The van der Waals surface area contributed by atoms with Gasteiger partial charge in [-0.3, -0.25) is 13.8 Å². The molecule has 45 heavy (non-hydrogen) atoms. The van der Waals surface area contributed by atoms with Crippen LogP contribution in [0.5, 0.6) is 0 Å². The summed E-state index contributed by atoms with van der Waals surface area (Å²) in [6.07, 6.45) is 32.5. The molecule has 0 aliphatic rings. The van der Waals surface area contributed by atoms with Crippen LogP contribution in [0.25, 0.3) is 0 Å². The van der Waals surface area contributed by atoms with Gasteiger partial charge in [-0.05, 0) is 12.8 Å².